The molecule has 0 aliphatic heterocycles. The first kappa shape index (κ1) is 18.8. The van der Waals surface area contributed by atoms with Crippen molar-refractivity contribution in [1.29, 1.82) is 0 Å². The Kier molecular flexibility index (Phi) is 5.97. The summed E-state index contributed by atoms with van der Waals surface area (Å²) in [7, 11) is 0. The van der Waals surface area contributed by atoms with E-state index in [0.717, 1.165) is 16.1 Å². The van der Waals surface area contributed by atoms with Gasteiger partial charge in [0.15, 0.2) is 10.9 Å². The largest absolute Gasteiger partial charge is 0.459 e. The predicted molar refractivity (Wildman–Crippen MR) is 101 cm³/mol. The fraction of sp³-hybridized carbons (Fsp3) is 0.211. The number of furan rings is 1. The topological polar surface area (TPSA) is 84.2 Å². The molecule has 2 heterocycles. The molecule has 2 N–H and O–H groups in total. The molecule has 140 valence electrons. The molecule has 0 aliphatic carbocycles. The highest BCUT2D eigenvalue weighted by Gasteiger charge is 2.13. The van der Waals surface area contributed by atoms with Gasteiger partial charge in [-0.25, -0.2) is 9.37 Å². The van der Waals surface area contributed by atoms with Gasteiger partial charge in [0.25, 0.3) is 5.91 Å². The van der Waals surface area contributed by atoms with Gasteiger partial charge in [-0.2, -0.15) is 0 Å². The Morgan fingerprint density at radius 3 is 2.70 bits per heavy atom. The minimum absolute atomic E-state index is 0.179. The van der Waals surface area contributed by atoms with Crippen LogP contribution in [0.25, 0.3) is 11.3 Å². The van der Waals surface area contributed by atoms with Gasteiger partial charge in [-0.3, -0.25) is 9.59 Å². The van der Waals surface area contributed by atoms with E-state index in [9.17, 15) is 14.0 Å². The zero-order chi connectivity index (χ0) is 19.2. The fourth-order valence-corrected chi connectivity index (χ4v) is 3.30. The van der Waals surface area contributed by atoms with Gasteiger partial charge in [0.2, 0.25) is 5.91 Å². The van der Waals surface area contributed by atoms with Gasteiger partial charge in [-0.1, -0.05) is 0 Å². The lowest BCUT2D eigenvalue weighted by Gasteiger charge is -2.03. The number of nitrogens with zero attached hydrogens (tertiary/aromatic N) is 1. The first-order valence-electron chi connectivity index (χ1n) is 8.38. The zero-order valence-electron chi connectivity index (χ0n) is 14.6. The summed E-state index contributed by atoms with van der Waals surface area (Å²) in [5.74, 6) is -0.549. The highest BCUT2D eigenvalue weighted by Crippen LogP contribution is 2.30. The van der Waals surface area contributed by atoms with Crippen molar-refractivity contribution in [1.82, 2.24) is 10.3 Å². The number of nitrogens with one attached hydrogen (secondary N) is 2. The molecule has 3 aromatic rings. The van der Waals surface area contributed by atoms with E-state index in [1.54, 1.807) is 24.3 Å². The fourth-order valence-electron chi connectivity index (χ4n) is 2.45. The maximum absolute atomic E-state index is 13.1. The standard InChI is InChI=1S/C19H18FN3O3S/c1-12-17(13-6-8-14(20)9-7-13)23-19(27-12)22-16(24)5-2-10-21-18(25)15-4-3-11-26-15/h3-4,6-9,11H,2,5,10H2,1H3,(H,21,25)(H,22,23,24). The number of carbonyl (C=O) groups excluding carboxylic acids is 2. The summed E-state index contributed by atoms with van der Waals surface area (Å²) in [6, 6.07) is 9.28. The molecule has 27 heavy (non-hydrogen) atoms. The van der Waals surface area contributed by atoms with Crippen molar-refractivity contribution >= 4 is 28.3 Å². The van der Waals surface area contributed by atoms with E-state index in [4.69, 9.17) is 4.42 Å². The number of rotatable bonds is 7. The number of aromatic nitrogens is 1. The van der Waals surface area contributed by atoms with Gasteiger partial charge in [0.1, 0.15) is 5.82 Å². The number of carbonyl (C=O) groups is 2. The average molecular weight is 387 g/mol. The van der Waals surface area contributed by atoms with Crippen LogP contribution in [0, 0.1) is 12.7 Å². The smallest absolute Gasteiger partial charge is 0.286 e. The number of halogens is 1. The second-order valence-corrected chi connectivity index (χ2v) is 7.02. The average Bonchev–Trinajstić information content (AvgIpc) is 3.29. The molecule has 0 bridgehead atoms. The molecule has 8 heteroatoms. The van der Waals surface area contributed by atoms with Crippen LogP contribution in [0.15, 0.2) is 47.1 Å². The molecular formula is C19H18FN3O3S. The number of hydrogen-bond donors (Lipinski definition) is 2. The highest BCUT2D eigenvalue weighted by molar-refractivity contribution is 7.16. The maximum atomic E-state index is 13.1. The van der Waals surface area contributed by atoms with E-state index >= 15 is 0 Å². The van der Waals surface area contributed by atoms with Crippen molar-refractivity contribution in [3.05, 3.63) is 59.1 Å². The first-order valence-corrected chi connectivity index (χ1v) is 9.19. The first-order chi connectivity index (χ1) is 13.0. The van der Waals surface area contributed by atoms with E-state index in [1.807, 2.05) is 6.92 Å². The normalized spacial score (nSPS) is 10.6. The Labute approximate surface area is 159 Å². The second kappa shape index (κ2) is 8.59. The van der Waals surface area contributed by atoms with Crippen LogP contribution in [-0.2, 0) is 4.79 Å². The molecule has 3 rings (SSSR count). The summed E-state index contributed by atoms with van der Waals surface area (Å²) in [6.45, 7) is 2.26. The van der Waals surface area contributed by atoms with Crippen LogP contribution in [0.1, 0.15) is 28.3 Å². The SMILES string of the molecule is Cc1sc(NC(=O)CCCNC(=O)c2ccco2)nc1-c1ccc(F)cc1. The minimum Gasteiger partial charge on any atom is -0.459 e. The van der Waals surface area contributed by atoms with Crippen molar-refractivity contribution < 1.29 is 18.4 Å². The third kappa shape index (κ3) is 5.01. The molecular weight excluding hydrogens is 369 g/mol. The van der Waals surface area contributed by atoms with Crippen LogP contribution in [0.3, 0.4) is 0 Å². The number of thiazole rings is 1. The quantitative estimate of drug-likeness (QED) is 0.600. The molecule has 0 saturated carbocycles. The second-order valence-electron chi connectivity index (χ2n) is 5.82. The summed E-state index contributed by atoms with van der Waals surface area (Å²) in [5.41, 5.74) is 1.52. The Balaban J connectivity index is 1.47. The zero-order valence-corrected chi connectivity index (χ0v) is 15.4. The monoisotopic (exact) mass is 387 g/mol. The lowest BCUT2D eigenvalue weighted by Crippen LogP contribution is -2.25. The van der Waals surface area contributed by atoms with Crippen molar-refractivity contribution in [3.8, 4) is 11.3 Å². The Bertz CT molecular complexity index is 920. The molecule has 0 unspecified atom stereocenters. The van der Waals surface area contributed by atoms with Crippen molar-refractivity contribution in [2.75, 3.05) is 11.9 Å². The lowest BCUT2D eigenvalue weighted by molar-refractivity contribution is -0.116. The summed E-state index contributed by atoms with van der Waals surface area (Å²) < 4.78 is 18.0. The van der Waals surface area contributed by atoms with E-state index in [2.05, 4.69) is 15.6 Å². The van der Waals surface area contributed by atoms with Crippen LogP contribution in [-0.4, -0.2) is 23.3 Å². The van der Waals surface area contributed by atoms with Crippen LogP contribution in [0.2, 0.25) is 0 Å². The molecule has 0 aliphatic rings. The predicted octanol–water partition coefficient (Wildman–Crippen LogP) is 4.00. The Morgan fingerprint density at radius 2 is 2.00 bits per heavy atom. The van der Waals surface area contributed by atoms with E-state index in [0.29, 0.717) is 18.1 Å². The molecule has 1 aromatic carbocycles. The number of benzene rings is 1. The van der Waals surface area contributed by atoms with Crippen LogP contribution in [0.4, 0.5) is 9.52 Å². The Morgan fingerprint density at radius 1 is 1.22 bits per heavy atom. The maximum Gasteiger partial charge on any atom is 0.286 e. The summed E-state index contributed by atoms with van der Waals surface area (Å²) >= 11 is 1.37. The molecule has 0 saturated heterocycles. The number of anilines is 1. The molecule has 2 amide bonds. The van der Waals surface area contributed by atoms with E-state index in [-0.39, 0.29) is 29.8 Å². The van der Waals surface area contributed by atoms with Gasteiger partial charge in [-0.05, 0) is 49.7 Å². The molecule has 2 aromatic heterocycles. The van der Waals surface area contributed by atoms with Gasteiger partial charge in [-0.15, -0.1) is 11.3 Å². The van der Waals surface area contributed by atoms with Crippen LogP contribution in [0.5, 0.6) is 0 Å². The van der Waals surface area contributed by atoms with Gasteiger partial charge in [0, 0.05) is 23.4 Å². The van der Waals surface area contributed by atoms with Gasteiger partial charge < -0.3 is 15.1 Å². The summed E-state index contributed by atoms with van der Waals surface area (Å²) in [6.07, 6.45) is 2.18. The minimum atomic E-state index is -0.306. The van der Waals surface area contributed by atoms with Gasteiger partial charge >= 0.3 is 0 Å². The number of hydrogen-bond acceptors (Lipinski definition) is 5. The number of amides is 2. The highest BCUT2D eigenvalue weighted by atomic mass is 32.1. The third-order valence-electron chi connectivity index (χ3n) is 3.77. The molecule has 0 spiro atoms. The van der Waals surface area contributed by atoms with Crippen LogP contribution >= 0.6 is 11.3 Å². The van der Waals surface area contributed by atoms with E-state index < -0.39 is 0 Å². The number of aryl methyl sites for hydroxylation is 1. The molecule has 0 fully saturated rings. The van der Waals surface area contributed by atoms with Crippen molar-refractivity contribution in [2.24, 2.45) is 0 Å². The molecule has 0 radical (unpaired) electrons. The molecule has 6 nitrogen and oxygen atoms in total. The molecule has 0 atom stereocenters. The van der Waals surface area contributed by atoms with Crippen molar-refractivity contribution in [2.45, 2.75) is 19.8 Å². The summed E-state index contributed by atoms with van der Waals surface area (Å²) in [5, 5.41) is 5.95. The lowest BCUT2D eigenvalue weighted by atomic mass is 10.1. The Hall–Kier alpha value is -3.00. The van der Waals surface area contributed by atoms with Crippen molar-refractivity contribution in [3.63, 3.8) is 0 Å². The third-order valence-corrected chi connectivity index (χ3v) is 4.66. The summed E-state index contributed by atoms with van der Waals surface area (Å²) in [4.78, 5) is 29.1. The van der Waals surface area contributed by atoms with Gasteiger partial charge in [0.05, 0.1) is 12.0 Å². The van der Waals surface area contributed by atoms with Crippen LogP contribution < -0.4 is 10.6 Å². The van der Waals surface area contributed by atoms with E-state index in [1.165, 1.54) is 29.7 Å².